The second-order valence-electron chi connectivity index (χ2n) is 6.21. The fourth-order valence-corrected chi connectivity index (χ4v) is 2.68. The molecule has 1 aromatic carbocycles. The van der Waals surface area contributed by atoms with E-state index in [-0.39, 0.29) is 11.2 Å². The van der Waals surface area contributed by atoms with Crippen molar-refractivity contribution in [2.24, 2.45) is 0 Å². The first-order valence-corrected chi connectivity index (χ1v) is 8.32. The van der Waals surface area contributed by atoms with E-state index in [0.29, 0.717) is 22.6 Å². The Balaban J connectivity index is 0.000000169. The zero-order chi connectivity index (χ0) is 20.4. The Kier molecular flexibility index (Phi) is 5.89. The lowest BCUT2D eigenvalue weighted by Gasteiger charge is -2.37. The van der Waals surface area contributed by atoms with Gasteiger partial charge in [0.1, 0.15) is 41.4 Å². The van der Waals surface area contributed by atoms with Gasteiger partial charge in [-0.15, -0.1) is 0 Å². The molecule has 6 N–H and O–H groups in total. The SMILES string of the molecule is O=c1ccc2nc3ccc(O)cc3oc-2c1.OC[C@H]1OC(O)[C@H](O)[C@@H](O)[C@H]1O. The number of nitrogens with zero attached hydrogens (tertiary/aromatic N) is 1. The first kappa shape index (κ1) is 20.1. The molecule has 4 rings (SSSR count). The van der Waals surface area contributed by atoms with Crippen molar-refractivity contribution in [3.63, 3.8) is 0 Å². The number of aromatic nitrogens is 1. The van der Waals surface area contributed by atoms with Crippen LogP contribution in [0.2, 0.25) is 0 Å². The molecule has 1 unspecified atom stereocenters. The third kappa shape index (κ3) is 4.12. The zero-order valence-electron chi connectivity index (χ0n) is 14.4. The zero-order valence-corrected chi connectivity index (χ0v) is 14.4. The number of aliphatic hydroxyl groups is 5. The van der Waals surface area contributed by atoms with Crippen LogP contribution in [0.1, 0.15) is 0 Å². The highest BCUT2D eigenvalue weighted by Gasteiger charge is 2.42. The van der Waals surface area contributed by atoms with E-state index < -0.39 is 37.3 Å². The van der Waals surface area contributed by atoms with Crippen molar-refractivity contribution in [3.8, 4) is 17.2 Å². The van der Waals surface area contributed by atoms with E-state index >= 15 is 0 Å². The monoisotopic (exact) mass is 393 g/mol. The minimum Gasteiger partial charge on any atom is -0.508 e. The summed E-state index contributed by atoms with van der Waals surface area (Å²) in [5.41, 5.74) is 1.59. The number of aliphatic hydroxyl groups excluding tert-OH is 5. The van der Waals surface area contributed by atoms with Crippen molar-refractivity contribution < 1.29 is 39.8 Å². The van der Waals surface area contributed by atoms with Crippen LogP contribution in [0.3, 0.4) is 0 Å². The maximum Gasteiger partial charge on any atom is 0.184 e. The van der Waals surface area contributed by atoms with Crippen molar-refractivity contribution in [3.05, 3.63) is 46.6 Å². The van der Waals surface area contributed by atoms with Gasteiger partial charge in [-0.3, -0.25) is 4.79 Å². The van der Waals surface area contributed by atoms with Gasteiger partial charge in [-0.2, -0.15) is 0 Å². The number of ether oxygens (including phenoxy) is 1. The van der Waals surface area contributed by atoms with Crippen LogP contribution in [0.5, 0.6) is 5.75 Å². The highest BCUT2D eigenvalue weighted by atomic mass is 16.6. The van der Waals surface area contributed by atoms with Gasteiger partial charge in [0.2, 0.25) is 0 Å². The van der Waals surface area contributed by atoms with Gasteiger partial charge in [0, 0.05) is 12.1 Å². The molecule has 0 aromatic heterocycles. The summed E-state index contributed by atoms with van der Waals surface area (Å²) in [6.45, 7) is -0.526. The Bertz CT molecular complexity index is 970. The molecule has 0 bridgehead atoms. The number of phenols is 1. The molecule has 0 saturated carbocycles. The molecule has 1 saturated heterocycles. The molecule has 150 valence electrons. The number of aromatic hydroxyl groups is 1. The van der Waals surface area contributed by atoms with Gasteiger partial charge in [0.05, 0.1) is 6.61 Å². The predicted molar refractivity (Wildman–Crippen MR) is 94.6 cm³/mol. The number of fused-ring (bicyclic) bond motifs is 2. The van der Waals surface area contributed by atoms with Crippen LogP contribution in [0.4, 0.5) is 0 Å². The van der Waals surface area contributed by atoms with E-state index in [1.54, 1.807) is 18.2 Å². The molecule has 0 radical (unpaired) electrons. The van der Waals surface area contributed by atoms with Crippen molar-refractivity contribution >= 4 is 11.1 Å². The lowest BCUT2D eigenvalue weighted by atomic mass is 10.00. The van der Waals surface area contributed by atoms with Crippen molar-refractivity contribution in [1.29, 1.82) is 0 Å². The number of benzene rings is 2. The van der Waals surface area contributed by atoms with E-state index in [1.165, 1.54) is 18.2 Å². The van der Waals surface area contributed by atoms with Crippen LogP contribution in [0.25, 0.3) is 22.6 Å². The third-order valence-corrected chi connectivity index (χ3v) is 4.20. The van der Waals surface area contributed by atoms with Gasteiger partial charge < -0.3 is 39.8 Å². The van der Waals surface area contributed by atoms with E-state index in [2.05, 4.69) is 9.72 Å². The Morgan fingerprint density at radius 3 is 2.43 bits per heavy atom. The molecule has 28 heavy (non-hydrogen) atoms. The maximum absolute atomic E-state index is 11.1. The van der Waals surface area contributed by atoms with Crippen LogP contribution in [-0.2, 0) is 4.74 Å². The molecule has 1 fully saturated rings. The molecule has 0 amide bonds. The summed E-state index contributed by atoms with van der Waals surface area (Å²) >= 11 is 0. The van der Waals surface area contributed by atoms with Crippen LogP contribution in [0.15, 0.2) is 45.6 Å². The van der Waals surface area contributed by atoms with Gasteiger partial charge >= 0.3 is 0 Å². The summed E-state index contributed by atoms with van der Waals surface area (Å²) < 4.78 is 10.1. The quantitative estimate of drug-likeness (QED) is 0.275. The fourth-order valence-electron chi connectivity index (χ4n) is 2.68. The maximum atomic E-state index is 11.1. The first-order valence-electron chi connectivity index (χ1n) is 8.32. The average molecular weight is 393 g/mol. The Morgan fingerprint density at radius 2 is 1.71 bits per heavy atom. The molecule has 5 atom stereocenters. The molecule has 2 aliphatic heterocycles. The summed E-state index contributed by atoms with van der Waals surface area (Å²) in [4.78, 5) is 15.5. The van der Waals surface area contributed by atoms with Crippen molar-refractivity contribution in [2.45, 2.75) is 30.7 Å². The smallest absolute Gasteiger partial charge is 0.184 e. The summed E-state index contributed by atoms with van der Waals surface area (Å²) in [5.74, 6) is 0.529. The second kappa shape index (κ2) is 8.19. The van der Waals surface area contributed by atoms with E-state index in [0.717, 1.165) is 0 Å². The van der Waals surface area contributed by atoms with Crippen LogP contribution in [0, 0.1) is 0 Å². The van der Waals surface area contributed by atoms with E-state index in [1.807, 2.05) is 0 Å². The minimum absolute atomic E-state index is 0.107. The standard InChI is InChI=1S/C12H7NO3.C6H12O6/c14-7-1-3-9-11(5-7)16-12-6-8(15)2-4-10(12)13-9;7-1-2-3(8)4(9)5(10)6(11)12-2/h1-6,14H;2-11H,1H2/t;2-,3+,4+,5-,6?/m.1/s1. The number of hydrogen-bond acceptors (Lipinski definition) is 10. The molecule has 10 heteroatoms. The highest BCUT2D eigenvalue weighted by Crippen LogP contribution is 2.25. The van der Waals surface area contributed by atoms with E-state index in [4.69, 9.17) is 29.9 Å². The lowest BCUT2D eigenvalue weighted by Crippen LogP contribution is -2.58. The van der Waals surface area contributed by atoms with Crippen molar-refractivity contribution in [1.82, 2.24) is 4.98 Å². The molecule has 2 heterocycles. The number of phenolic OH excluding ortho intramolecular Hbond substituents is 1. The lowest BCUT2D eigenvalue weighted by molar-refractivity contribution is -0.286. The summed E-state index contributed by atoms with van der Waals surface area (Å²) in [5, 5.41) is 54.0. The van der Waals surface area contributed by atoms with Gasteiger partial charge in [-0.05, 0) is 24.3 Å². The molecule has 10 nitrogen and oxygen atoms in total. The largest absolute Gasteiger partial charge is 0.508 e. The Hall–Kier alpha value is -2.60. The molecule has 3 aliphatic rings. The minimum atomic E-state index is -1.57. The normalized spacial score (nSPS) is 27.4. The summed E-state index contributed by atoms with van der Waals surface area (Å²) in [7, 11) is 0. The fraction of sp³-hybridized carbons (Fsp3) is 0.333. The summed E-state index contributed by atoms with van der Waals surface area (Å²) in [6.07, 6.45) is -7.04. The average Bonchev–Trinajstić information content (AvgIpc) is 2.68. The van der Waals surface area contributed by atoms with Crippen LogP contribution >= 0.6 is 0 Å². The van der Waals surface area contributed by atoms with Gasteiger partial charge in [0.15, 0.2) is 23.1 Å². The predicted octanol–water partition coefficient (Wildman–Crippen LogP) is -1.22. The molecular weight excluding hydrogens is 374 g/mol. The second-order valence-corrected chi connectivity index (χ2v) is 6.21. The highest BCUT2D eigenvalue weighted by molar-refractivity contribution is 5.77. The molecule has 0 spiro atoms. The molecular formula is C18H19NO9. The van der Waals surface area contributed by atoms with Gasteiger partial charge in [0.25, 0.3) is 0 Å². The number of rotatable bonds is 1. The first-order chi connectivity index (χ1) is 13.3. The molecule has 1 aromatic rings. The Labute approximate surface area is 157 Å². The van der Waals surface area contributed by atoms with E-state index in [9.17, 15) is 9.90 Å². The topological polar surface area (TPSA) is 174 Å². The van der Waals surface area contributed by atoms with Gasteiger partial charge in [-0.1, -0.05) is 0 Å². The summed E-state index contributed by atoms with van der Waals surface area (Å²) in [6, 6.07) is 9.12. The van der Waals surface area contributed by atoms with Crippen LogP contribution in [-0.4, -0.2) is 72.9 Å². The van der Waals surface area contributed by atoms with Crippen LogP contribution < -0.4 is 5.43 Å². The molecule has 1 aliphatic carbocycles. The van der Waals surface area contributed by atoms with Crippen molar-refractivity contribution in [2.75, 3.05) is 6.61 Å². The van der Waals surface area contributed by atoms with Gasteiger partial charge in [-0.25, -0.2) is 4.98 Å². The number of hydrogen-bond donors (Lipinski definition) is 6. The Morgan fingerprint density at radius 1 is 0.964 bits per heavy atom. The third-order valence-electron chi connectivity index (χ3n) is 4.20.